The standard InChI is InChI=1S/C16H12BrNO2/c17-14-7-8-15(13(10-14)11-19)18-16(20)9-6-12-4-2-1-3-5-12/h1-11H,(H,18,20). The van der Waals surface area contributed by atoms with Crippen molar-refractivity contribution in [1.82, 2.24) is 0 Å². The maximum absolute atomic E-state index is 11.8. The van der Waals surface area contributed by atoms with Gasteiger partial charge >= 0.3 is 0 Å². The minimum Gasteiger partial charge on any atom is -0.322 e. The smallest absolute Gasteiger partial charge is 0.248 e. The van der Waals surface area contributed by atoms with Crippen LogP contribution in [0.5, 0.6) is 0 Å². The minimum atomic E-state index is -0.278. The monoisotopic (exact) mass is 329 g/mol. The van der Waals surface area contributed by atoms with Crippen molar-refractivity contribution in [1.29, 1.82) is 0 Å². The van der Waals surface area contributed by atoms with E-state index in [2.05, 4.69) is 21.2 Å². The van der Waals surface area contributed by atoms with Crippen LogP contribution >= 0.6 is 15.9 Å². The molecule has 3 nitrogen and oxygen atoms in total. The molecule has 4 heteroatoms. The van der Waals surface area contributed by atoms with E-state index in [9.17, 15) is 9.59 Å². The fourth-order valence-corrected chi connectivity index (χ4v) is 2.03. The molecule has 0 atom stereocenters. The third-order valence-corrected chi connectivity index (χ3v) is 3.12. The molecule has 0 aliphatic carbocycles. The molecule has 2 aromatic carbocycles. The summed E-state index contributed by atoms with van der Waals surface area (Å²) in [6.07, 6.45) is 3.86. The maximum Gasteiger partial charge on any atom is 0.248 e. The van der Waals surface area contributed by atoms with Crippen molar-refractivity contribution in [3.63, 3.8) is 0 Å². The number of rotatable bonds is 4. The average Bonchev–Trinajstić information content (AvgIpc) is 2.48. The first-order valence-electron chi connectivity index (χ1n) is 5.98. The Kier molecular flexibility index (Phi) is 4.85. The Hall–Kier alpha value is -2.20. The van der Waals surface area contributed by atoms with E-state index in [-0.39, 0.29) is 5.91 Å². The quantitative estimate of drug-likeness (QED) is 0.682. The molecule has 2 rings (SSSR count). The van der Waals surface area contributed by atoms with Gasteiger partial charge in [-0.05, 0) is 29.8 Å². The van der Waals surface area contributed by atoms with Crippen molar-refractivity contribution in [3.8, 4) is 0 Å². The Morgan fingerprint density at radius 3 is 2.55 bits per heavy atom. The number of aldehydes is 1. The molecule has 1 amide bonds. The number of anilines is 1. The van der Waals surface area contributed by atoms with E-state index >= 15 is 0 Å². The number of hydrogen-bond donors (Lipinski definition) is 1. The molecule has 0 aliphatic rings. The van der Waals surface area contributed by atoms with Crippen molar-refractivity contribution in [2.24, 2.45) is 0 Å². The predicted molar refractivity (Wildman–Crippen MR) is 83.6 cm³/mol. The van der Waals surface area contributed by atoms with Crippen LogP contribution in [0, 0.1) is 0 Å². The number of carbonyl (C=O) groups excluding carboxylic acids is 2. The zero-order chi connectivity index (χ0) is 14.4. The topological polar surface area (TPSA) is 46.2 Å². The number of amides is 1. The number of benzene rings is 2. The normalized spacial score (nSPS) is 10.4. The van der Waals surface area contributed by atoms with E-state index < -0.39 is 0 Å². The molecule has 0 aliphatic heterocycles. The van der Waals surface area contributed by atoms with Crippen LogP contribution < -0.4 is 5.32 Å². The SMILES string of the molecule is O=Cc1cc(Br)ccc1NC(=O)C=Cc1ccccc1. The number of hydrogen-bond acceptors (Lipinski definition) is 2. The molecule has 0 bridgehead atoms. The molecule has 0 fully saturated rings. The number of carbonyl (C=O) groups is 2. The molecule has 0 unspecified atom stereocenters. The largest absolute Gasteiger partial charge is 0.322 e. The Balaban J connectivity index is 2.09. The lowest BCUT2D eigenvalue weighted by Crippen LogP contribution is -2.09. The van der Waals surface area contributed by atoms with Gasteiger partial charge in [0.1, 0.15) is 0 Å². The van der Waals surface area contributed by atoms with Gasteiger partial charge in [0.2, 0.25) is 5.91 Å². The summed E-state index contributed by atoms with van der Waals surface area (Å²) in [5.41, 5.74) is 1.86. The molecule has 0 radical (unpaired) electrons. The van der Waals surface area contributed by atoms with Crippen LogP contribution in [-0.4, -0.2) is 12.2 Å². The van der Waals surface area contributed by atoms with Crippen LogP contribution in [0.15, 0.2) is 59.1 Å². The van der Waals surface area contributed by atoms with E-state index in [1.165, 1.54) is 6.08 Å². The van der Waals surface area contributed by atoms with E-state index in [0.29, 0.717) is 17.5 Å². The van der Waals surface area contributed by atoms with Crippen LogP contribution in [-0.2, 0) is 4.79 Å². The summed E-state index contributed by atoms with van der Waals surface area (Å²) < 4.78 is 0.789. The van der Waals surface area contributed by atoms with Crippen LogP contribution in [0.2, 0.25) is 0 Å². The highest BCUT2D eigenvalue weighted by molar-refractivity contribution is 9.10. The Labute approximate surface area is 125 Å². The first-order chi connectivity index (χ1) is 9.69. The van der Waals surface area contributed by atoms with Crippen LogP contribution in [0.4, 0.5) is 5.69 Å². The predicted octanol–water partition coefficient (Wildman–Crippen LogP) is 3.91. The van der Waals surface area contributed by atoms with Gasteiger partial charge < -0.3 is 5.32 Å². The van der Waals surface area contributed by atoms with Crippen LogP contribution in [0.25, 0.3) is 6.08 Å². The van der Waals surface area contributed by atoms with Crippen molar-refractivity contribution in [2.75, 3.05) is 5.32 Å². The average molecular weight is 330 g/mol. The fourth-order valence-electron chi connectivity index (χ4n) is 1.66. The molecule has 0 heterocycles. The second kappa shape index (κ2) is 6.82. The van der Waals surface area contributed by atoms with E-state index in [1.807, 2.05) is 30.3 Å². The summed E-state index contributed by atoms with van der Waals surface area (Å²) in [7, 11) is 0. The van der Waals surface area contributed by atoms with Gasteiger partial charge in [0.25, 0.3) is 0 Å². The van der Waals surface area contributed by atoms with Crippen LogP contribution in [0.3, 0.4) is 0 Å². The van der Waals surface area contributed by atoms with Crippen molar-refractivity contribution in [3.05, 3.63) is 70.2 Å². The first kappa shape index (κ1) is 14.2. The summed E-state index contributed by atoms with van der Waals surface area (Å²) in [5.74, 6) is -0.278. The van der Waals surface area contributed by atoms with Gasteiger partial charge in [-0.25, -0.2) is 0 Å². The summed E-state index contributed by atoms with van der Waals surface area (Å²) in [5, 5.41) is 2.68. The third-order valence-electron chi connectivity index (χ3n) is 2.63. The highest BCUT2D eigenvalue weighted by Gasteiger charge is 2.04. The molecular weight excluding hydrogens is 318 g/mol. The molecule has 0 aromatic heterocycles. The molecular formula is C16H12BrNO2. The summed E-state index contributed by atoms with van der Waals surface area (Å²) in [6, 6.07) is 14.6. The van der Waals surface area contributed by atoms with Crippen LogP contribution in [0.1, 0.15) is 15.9 Å². The van der Waals surface area contributed by atoms with Gasteiger partial charge in [0.15, 0.2) is 6.29 Å². The van der Waals surface area contributed by atoms with E-state index in [1.54, 1.807) is 24.3 Å². The fraction of sp³-hybridized carbons (Fsp3) is 0. The lowest BCUT2D eigenvalue weighted by Gasteiger charge is -2.05. The highest BCUT2D eigenvalue weighted by Crippen LogP contribution is 2.19. The molecule has 20 heavy (non-hydrogen) atoms. The molecule has 0 saturated heterocycles. The van der Waals surface area contributed by atoms with E-state index in [4.69, 9.17) is 0 Å². The maximum atomic E-state index is 11.8. The Morgan fingerprint density at radius 2 is 1.85 bits per heavy atom. The molecule has 100 valence electrons. The first-order valence-corrected chi connectivity index (χ1v) is 6.77. The van der Waals surface area contributed by atoms with Gasteiger partial charge in [-0.15, -0.1) is 0 Å². The van der Waals surface area contributed by atoms with Gasteiger partial charge in [-0.3, -0.25) is 9.59 Å². The lowest BCUT2D eigenvalue weighted by molar-refractivity contribution is -0.111. The van der Waals surface area contributed by atoms with Gasteiger partial charge in [-0.1, -0.05) is 46.3 Å². The second-order valence-corrected chi connectivity index (χ2v) is 5.00. The van der Waals surface area contributed by atoms with Crippen molar-refractivity contribution < 1.29 is 9.59 Å². The zero-order valence-electron chi connectivity index (χ0n) is 10.5. The van der Waals surface area contributed by atoms with Gasteiger partial charge in [0, 0.05) is 16.1 Å². The third kappa shape index (κ3) is 3.90. The summed E-state index contributed by atoms with van der Waals surface area (Å²) >= 11 is 3.28. The number of halogens is 1. The van der Waals surface area contributed by atoms with Gasteiger partial charge in [-0.2, -0.15) is 0 Å². The van der Waals surface area contributed by atoms with Crippen molar-refractivity contribution in [2.45, 2.75) is 0 Å². The molecule has 2 aromatic rings. The second-order valence-electron chi connectivity index (χ2n) is 4.08. The molecule has 1 N–H and O–H groups in total. The highest BCUT2D eigenvalue weighted by atomic mass is 79.9. The molecule has 0 saturated carbocycles. The number of nitrogens with one attached hydrogen (secondary N) is 1. The Morgan fingerprint density at radius 1 is 1.10 bits per heavy atom. The summed E-state index contributed by atoms with van der Waals surface area (Å²) in [6.45, 7) is 0. The lowest BCUT2D eigenvalue weighted by atomic mass is 10.2. The van der Waals surface area contributed by atoms with E-state index in [0.717, 1.165) is 10.0 Å². The molecule has 0 spiro atoms. The minimum absolute atomic E-state index is 0.278. The van der Waals surface area contributed by atoms with Crippen molar-refractivity contribution >= 4 is 39.9 Å². The zero-order valence-corrected chi connectivity index (χ0v) is 12.1. The summed E-state index contributed by atoms with van der Waals surface area (Å²) in [4.78, 5) is 22.8. The van der Waals surface area contributed by atoms with Gasteiger partial charge in [0.05, 0.1) is 5.69 Å². The Bertz CT molecular complexity index is 651.